The van der Waals surface area contributed by atoms with Crippen molar-refractivity contribution in [3.63, 3.8) is 0 Å². The summed E-state index contributed by atoms with van der Waals surface area (Å²) in [4.78, 5) is 14.0. The number of rotatable bonds is 2. The summed E-state index contributed by atoms with van der Waals surface area (Å²) < 4.78 is 71.1. The van der Waals surface area contributed by atoms with E-state index < -0.39 is 38.5 Å². The zero-order chi connectivity index (χ0) is 14.8. The number of carbonyl (C=O) groups excluding carboxylic acids is 1. The number of hydrogen-bond donors (Lipinski definition) is 1. The number of nitrogens with one attached hydrogen (secondary N) is 1. The monoisotopic (exact) mass is 296 g/mol. The Balaban J connectivity index is 3.05. The van der Waals surface area contributed by atoms with Crippen LogP contribution in [0.4, 0.5) is 23.2 Å². The summed E-state index contributed by atoms with van der Waals surface area (Å²) in [6.45, 7) is 6.53. The zero-order valence-electron chi connectivity index (χ0n) is 8.82. The van der Waals surface area contributed by atoms with Gasteiger partial charge in [-0.25, -0.2) is 14.0 Å². The third kappa shape index (κ3) is 3.19. The van der Waals surface area contributed by atoms with E-state index in [-0.39, 0.29) is 0 Å². The van der Waals surface area contributed by atoms with Crippen LogP contribution < -0.4 is 4.72 Å². The molecule has 0 aliphatic rings. The van der Waals surface area contributed by atoms with Crippen molar-refractivity contribution < 1.29 is 30.8 Å². The first-order valence-electron chi connectivity index (χ1n) is 4.39. The Morgan fingerprint density at radius 3 is 2.32 bits per heavy atom. The summed E-state index contributed by atoms with van der Waals surface area (Å²) in [5.41, 5.74) is -6.76. The first-order valence-corrected chi connectivity index (χ1v) is 5.87. The van der Waals surface area contributed by atoms with Crippen molar-refractivity contribution in [2.24, 2.45) is 0 Å². The van der Waals surface area contributed by atoms with Crippen LogP contribution in [0.1, 0.15) is 10.4 Å². The molecular weight excluding hydrogens is 292 g/mol. The molecule has 102 valence electrons. The van der Waals surface area contributed by atoms with Gasteiger partial charge in [0.15, 0.2) is 0 Å². The summed E-state index contributed by atoms with van der Waals surface area (Å²) in [7, 11) is -5.86. The van der Waals surface area contributed by atoms with Crippen LogP contribution in [0.3, 0.4) is 0 Å². The number of sulfonamides is 1. The second kappa shape index (κ2) is 4.85. The molecule has 0 unspecified atom stereocenters. The molecule has 0 atom stereocenters. The molecule has 10 heteroatoms. The first-order chi connectivity index (χ1) is 8.58. The molecule has 5 nitrogen and oxygen atoms in total. The molecule has 0 saturated carbocycles. The molecule has 0 fully saturated rings. The van der Waals surface area contributed by atoms with Crippen LogP contribution in [0, 0.1) is 12.4 Å². The van der Waals surface area contributed by atoms with Crippen molar-refractivity contribution in [2.45, 2.75) is 5.51 Å². The Kier molecular flexibility index (Phi) is 3.80. The highest BCUT2D eigenvalue weighted by atomic mass is 32.2. The van der Waals surface area contributed by atoms with Gasteiger partial charge in [-0.3, -0.25) is 4.79 Å². The molecule has 1 aromatic rings. The molecule has 1 rings (SSSR count). The van der Waals surface area contributed by atoms with Crippen molar-refractivity contribution in [3.8, 4) is 0 Å². The van der Waals surface area contributed by atoms with Crippen LogP contribution in [-0.4, -0.2) is 19.8 Å². The minimum atomic E-state index is -5.86. The van der Waals surface area contributed by atoms with E-state index in [0.717, 1.165) is 16.9 Å². The molecule has 1 aromatic carbocycles. The molecule has 0 heterocycles. The summed E-state index contributed by atoms with van der Waals surface area (Å²) >= 11 is 0. The Hall–Kier alpha value is -2.15. The minimum absolute atomic E-state index is 0.449. The average molecular weight is 296 g/mol. The van der Waals surface area contributed by atoms with Gasteiger partial charge in [-0.1, -0.05) is 12.1 Å². The highest BCUT2D eigenvalue weighted by molar-refractivity contribution is 7.90. The van der Waals surface area contributed by atoms with Crippen LogP contribution >= 0.6 is 0 Å². The van der Waals surface area contributed by atoms with Gasteiger partial charge in [-0.2, -0.15) is 21.6 Å². The highest BCUT2D eigenvalue weighted by Gasteiger charge is 2.47. The predicted octanol–water partition coefficient (Wildman–Crippen LogP) is 1.96. The van der Waals surface area contributed by atoms with Gasteiger partial charge >= 0.3 is 15.5 Å². The van der Waals surface area contributed by atoms with E-state index in [1.54, 1.807) is 0 Å². The zero-order valence-corrected chi connectivity index (χ0v) is 9.64. The molecule has 0 aliphatic heterocycles. The number of alkyl halides is 3. The molecular formula is C9H4F4N2O3S. The van der Waals surface area contributed by atoms with Crippen molar-refractivity contribution in [1.82, 2.24) is 4.72 Å². The lowest BCUT2D eigenvalue weighted by molar-refractivity contribution is -0.0446. The summed E-state index contributed by atoms with van der Waals surface area (Å²) in [5.74, 6) is -2.79. The highest BCUT2D eigenvalue weighted by Crippen LogP contribution is 2.23. The summed E-state index contributed by atoms with van der Waals surface area (Å²) in [6.07, 6.45) is 0. The number of nitrogens with zero attached hydrogens (tertiary/aromatic N) is 1. The normalized spacial score (nSPS) is 11.7. The average Bonchev–Trinajstić information content (AvgIpc) is 2.26. The molecule has 0 radical (unpaired) electrons. The lowest BCUT2D eigenvalue weighted by Gasteiger charge is -2.09. The number of amides is 1. The fourth-order valence-corrected chi connectivity index (χ4v) is 1.46. The molecule has 1 amide bonds. The van der Waals surface area contributed by atoms with Gasteiger partial charge in [0.05, 0.1) is 6.57 Å². The second-order valence-electron chi connectivity index (χ2n) is 3.16. The molecule has 0 spiro atoms. The van der Waals surface area contributed by atoms with Crippen molar-refractivity contribution in [1.29, 1.82) is 0 Å². The van der Waals surface area contributed by atoms with E-state index in [9.17, 15) is 30.8 Å². The van der Waals surface area contributed by atoms with Crippen LogP contribution in [0.2, 0.25) is 0 Å². The van der Waals surface area contributed by atoms with E-state index in [4.69, 9.17) is 6.57 Å². The van der Waals surface area contributed by atoms with Gasteiger partial charge in [-0.05, 0) is 6.07 Å². The van der Waals surface area contributed by atoms with Crippen LogP contribution in [0.15, 0.2) is 18.2 Å². The molecule has 19 heavy (non-hydrogen) atoms. The fourth-order valence-electron chi connectivity index (χ4n) is 0.978. The lowest BCUT2D eigenvalue weighted by Crippen LogP contribution is -2.40. The third-order valence-corrected chi connectivity index (χ3v) is 2.93. The predicted molar refractivity (Wildman–Crippen MR) is 55.1 cm³/mol. The third-order valence-electron chi connectivity index (χ3n) is 1.86. The van der Waals surface area contributed by atoms with Crippen molar-refractivity contribution >= 4 is 21.6 Å². The van der Waals surface area contributed by atoms with Crippen LogP contribution in [0.25, 0.3) is 4.85 Å². The Bertz CT molecular complexity index is 661. The van der Waals surface area contributed by atoms with Crippen molar-refractivity contribution in [2.75, 3.05) is 0 Å². The Morgan fingerprint density at radius 2 is 1.89 bits per heavy atom. The topological polar surface area (TPSA) is 67.6 Å². The van der Waals surface area contributed by atoms with Gasteiger partial charge < -0.3 is 0 Å². The first kappa shape index (κ1) is 14.9. The van der Waals surface area contributed by atoms with Gasteiger partial charge in [0, 0.05) is 5.56 Å². The second-order valence-corrected chi connectivity index (χ2v) is 4.83. The van der Waals surface area contributed by atoms with E-state index >= 15 is 0 Å². The van der Waals surface area contributed by atoms with Crippen molar-refractivity contribution in [3.05, 3.63) is 41.0 Å². The standard InChI is InChI=1S/C9H4F4N2O3S/c1-14-7-3-2-5(4-6(7)10)8(16)15-19(17,18)9(11,12)13/h2-4H,(H,15,16). The SMILES string of the molecule is [C-]#[N+]c1ccc(C(=O)NS(=O)(=O)C(F)(F)F)cc1F. The van der Waals surface area contributed by atoms with Crippen LogP contribution in [-0.2, 0) is 10.0 Å². The summed E-state index contributed by atoms with van der Waals surface area (Å²) in [6, 6.07) is 2.14. The number of halogens is 4. The number of benzene rings is 1. The van der Waals surface area contributed by atoms with E-state index in [2.05, 4.69) is 4.85 Å². The maximum atomic E-state index is 13.1. The van der Waals surface area contributed by atoms with Crippen LogP contribution in [0.5, 0.6) is 0 Å². The molecule has 0 aliphatic carbocycles. The Morgan fingerprint density at radius 1 is 1.32 bits per heavy atom. The number of hydrogen-bond acceptors (Lipinski definition) is 3. The van der Waals surface area contributed by atoms with Gasteiger partial charge in [0.2, 0.25) is 5.69 Å². The lowest BCUT2D eigenvalue weighted by atomic mass is 10.2. The summed E-state index contributed by atoms with van der Waals surface area (Å²) in [5, 5.41) is 0. The van der Waals surface area contributed by atoms with Gasteiger partial charge in [0.25, 0.3) is 5.91 Å². The number of carbonyl (C=O) groups is 1. The largest absolute Gasteiger partial charge is 0.516 e. The van der Waals surface area contributed by atoms with E-state index in [1.165, 1.54) is 0 Å². The Labute approximate surface area is 104 Å². The molecule has 0 aromatic heterocycles. The van der Waals surface area contributed by atoms with E-state index in [0.29, 0.717) is 6.07 Å². The molecule has 0 bridgehead atoms. The quantitative estimate of drug-likeness (QED) is 0.670. The smallest absolute Gasteiger partial charge is 0.268 e. The fraction of sp³-hybridized carbons (Fsp3) is 0.111. The maximum absolute atomic E-state index is 13.1. The van der Waals surface area contributed by atoms with Gasteiger partial charge in [-0.15, -0.1) is 0 Å². The van der Waals surface area contributed by atoms with E-state index in [1.807, 2.05) is 0 Å². The maximum Gasteiger partial charge on any atom is 0.516 e. The van der Waals surface area contributed by atoms with Gasteiger partial charge in [0.1, 0.15) is 5.82 Å². The molecule has 0 saturated heterocycles. The molecule has 1 N–H and O–H groups in total. The minimum Gasteiger partial charge on any atom is -0.268 e.